The van der Waals surface area contributed by atoms with Crippen molar-refractivity contribution in [3.8, 4) is 11.3 Å². The zero-order chi connectivity index (χ0) is 17.4. The lowest BCUT2D eigenvalue weighted by Crippen LogP contribution is -2.37. The number of aromatic amines is 1. The minimum atomic E-state index is -0.329. The van der Waals surface area contributed by atoms with Crippen molar-refractivity contribution < 1.29 is 4.79 Å². The molecule has 0 aliphatic rings. The Kier molecular flexibility index (Phi) is 4.12. The first-order valence-electron chi connectivity index (χ1n) is 7.51. The molecule has 0 spiro atoms. The Balaban J connectivity index is 1.63. The predicted octanol–water partition coefficient (Wildman–Crippen LogP) is 4.57. The Morgan fingerprint density at radius 1 is 1.16 bits per heavy atom. The summed E-state index contributed by atoms with van der Waals surface area (Å²) in [4.78, 5) is 20.2. The van der Waals surface area contributed by atoms with Gasteiger partial charge in [0.05, 0.1) is 5.69 Å². The standard InChI is InChI=1S/C18H13BrN4OS/c19-13-7-3-2-6-12(13)16-10-25-18(22-16)23(20)17(24)15-9-11-5-1-4-8-14(11)21-15/h1-10,21H,20H2. The molecule has 4 rings (SSSR count). The number of para-hydroxylation sites is 1. The van der Waals surface area contributed by atoms with Gasteiger partial charge in [-0.2, -0.15) is 0 Å². The van der Waals surface area contributed by atoms with Crippen LogP contribution < -0.4 is 10.9 Å². The van der Waals surface area contributed by atoms with E-state index in [2.05, 4.69) is 25.9 Å². The summed E-state index contributed by atoms with van der Waals surface area (Å²) >= 11 is 4.84. The van der Waals surface area contributed by atoms with E-state index in [1.165, 1.54) is 11.3 Å². The molecular weight excluding hydrogens is 400 g/mol. The lowest BCUT2D eigenvalue weighted by Gasteiger charge is -2.11. The summed E-state index contributed by atoms with van der Waals surface area (Å²) in [6.07, 6.45) is 0. The number of aromatic nitrogens is 2. The zero-order valence-corrected chi connectivity index (χ0v) is 15.3. The van der Waals surface area contributed by atoms with Gasteiger partial charge in [-0.1, -0.05) is 52.3 Å². The number of hydrogen-bond donors (Lipinski definition) is 2. The molecule has 2 aromatic carbocycles. The quantitative estimate of drug-likeness (QED) is 0.293. The highest BCUT2D eigenvalue weighted by Gasteiger charge is 2.20. The number of nitrogens with zero attached hydrogens (tertiary/aromatic N) is 2. The van der Waals surface area contributed by atoms with Gasteiger partial charge in [0.2, 0.25) is 5.13 Å². The molecule has 0 saturated carbocycles. The van der Waals surface area contributed by atoms with E-state index in [0.717, 1.165) is 31.6 Å². The van der Waals surface area contributed by atoms with Gasteiger partial charge >= 0.3 is 0 Å². The van der Waals surface area contributed by atoms with Crippen LogP contribution in [0.3, 0.4) is 0 Å². The maximum Gasteiger partial charge on any atom is 0.290 e. The average molecular weight is 413 g/mol. The monoisotopic (exact) mass is 412 g/mol. The smallest absolute Gasteiger partial charge is 0.290 e. The highest BCUT2D eigenvalue weighted by molar-refractivity contribution is 9.10. The molecule has 0 aliphatic heterocycles. The van der Waals surface area contributed by atoms with Crippen molar-refractivity contribution in [2.75, 3.05) is 5.01 Å². The van der Waals surface area contributed by atoms with Crippen LogP contribution in [0.2, 0.25) is 0 Å². The topological polar surface area (TPSA) is 75.0 Å². The average Bonchev–Trinajstić information content (AvgIpc) is 3.28. The second-order valence-electron chi connectivity index (χ2n) is 5.44. The molecule has 2 aromatic heterocycles. The van der Waals surface area contributed by atoms with Crippen LogP contribution >= 0.6 is 27.3 Å². The Bertz CT molecular complexity index is 1040. The molecule has 0 fully saturated rings. The van der Waals surface area contributed by atoms with Gasteiger partial charge in [-0.05, 0) is 18.2 Å². The summed E-state index contributed by atoms with van der Waals surface area (Å²) < 4.78 is 0.942. The molecule has 124 valence electrons. The van der Waals surface area contributed by atoms with Gasteiger partial charge in [0.15, 0.2) is 0 Å². The van der Waals surface area contributed by atoms with Gasteiger partial charge in [0, 0.05) is 26.3 Å². The number of thiazole rings is 1. The first-order valence-corrected chi connectivity index (χ1v) is 9.18. The number of hydrogen-bond acceptors (Lipinski definition) is 4. The molecule has 3 N–H and O–H groups in total. The SMILES string of the molecule is NN(C(=O)c1cc2ccccc2[nH]1)c1nc(-c2ccccc2Br)cs1. The molecule has 0 bridgehead atoms. The second-order valence-corrected chi connectivity index (χ2v) is 7.13. The fraction of sp³-hybridized carbons (Fsp3) is 0. The third kappa shape index (κ3) is 2.97. The van der Waals surface area contributed by atoms with Crippen molar-refractivity contribution in [3.05, 3.63) is 70.1 Å². The van der Waals surface area contributed by atoms with Crippen LogP contribution in [0.4, 0.5) is 5.13 Å². The Morgan fingerprint density at radius 3 is 2.72 bits per heavy atom. The number of amides is 1. The normalized spacial score (nSPS) is 11.0. The predicted molar refractivity (Wildman–Crippen MR) is 105 cm³/mol. The molecule has 7 heteroatoms. The van der Waals surface area contributed by atoms with Gasteiger partial charge in [-0.25, -0.2) is 15.8 Å². The molecule has 25 heavy (non-hydrogen) atoms. The number of fused-ring (bicyclic) bond motifs is 1. The third-order valence-electron chi connectivity index (χ3n) is 3.83. The molecule has 0 aliphatic carbocycles. The lowest BCUT2D eigenvalue weighted by molar-refractivity contribution is 0.0983. The van der Waals surface area contributed by atoms with Crippen molar-refractivity contribution in [3.63, 3.8) is 0 Å². The van der Waals surface area contributed by atoms with Crippen molar-refractivity contribution in [1.29, 1.82) is 0 Å². The number of hydrazine groups is 1. The maximum atomic E-state index is 12.7. The number of anilines is 1. The molecule has 5 nitrogen and oxygen atoms in total. The van der Waals surface area contributed by atoms with E-state index >= 15 is 0 Å². The van der Waals surface area contributed by atoms with E-state index in [9.17, 15) is 4.79 Å². The summed E-state index contributed by atoms with van der Waals surface area (Å²) in [5, 5.41) is 4.37. The Labute approximate surface area is 156 Å². The van der Waals surface area contributed by atoms with Crippen LogP contribution in [0, 0.1) is 0 Å². The van der Waals surface area contributed by atoms with E-state index in [0.29, 0.717) is 10.8 Å². The zero-order valence-electron chi connectivity index (χ0n) is 12.9. The van der Waals surface area contributed by atoms with E-state index in [-0.39, 0.29) is 5.91 Å². The third-order valence-corrected chi connectivity index (χ3v) is 5.36. The fourth-order valence-electron chi connectivity index (χ4n) is 2.57. The highest BCUT2D eigenvalue weighted by Crippen LogP contribution is 2.31. The summed E-state index contributed by atoms with van der Waals surface area (Å²) in [6.45, 7) is 0. The summed E-state index contributed by atoms with van der Waals surface area (Å²) in [7, 11) is 0. The maximum absolute atomic E-state index is 12.7. The van der Waals surface area contributed by atoms with Gasteiger partial charge in [-0.15, -0.1) is 11.3 Å². The Hall–Kier alpha value is -2.48. The van der Waals surface area contributed by atoms with Crippen molar-refractivity contribution >= 4 is 49.2 Å². The van der Waals surface area contributed by atoms with Crippen LogP contribution in [0.15, 0.2) is 64.5 Å². The number of carbonyl (C=O) groups is 1. The van der Waals surface area contributed by atoms with Crippen LogP contribution in [-0.4, -0.2) is 15.9 Å². The largest absolute Gasteiger partial charge is 0.350 e. The van der Waals surface area contributed by atoms with Crippen LogP contribution in [-0.2, 0) is 0 Å². The molecule has 1 amide bonds. The number of benzene rings is 2. The molecule has 4 aromatic rings. The van der Waals surface area contributed by atoms with Crippen molar-refractivity contribution in [2.24, 2.45) is 5.84 Å². The molecule has 0 radical (unpaired) electrons. The highest BCUT2D eigenvalue weighted by atomic mass is 79.9. The molecular formula is C18H13BrN4OS. The van der Waals surface area contributed by atoms with Gasteiger partial charge in [0.1, 0.15) is 5.69 Å². The summed E-state index contributed by atoms with van der Waals surface area (Å²) in [5.74, 6) is 5.69. The number of H-pyrrole nitrogens is 1. The minimum Gasteiger partial charge on any atom is -0.350 e. The van der Waals surface area contributed by atoms with Crippen molar-refractivity contribution in [2.45, 2.75) is 0 Å². The number of nitrogens with one attached hydrogen (secondary N) is 1. The first-order chi connectivity index (χ1) is 12.1. The fourth-order valence-corrected chi connectivity index (χ4v) is 3.80. The molecule has 2 heterocycles. The van der Waals surface area contributed by atoms with Gasteiger partial charge in [-0.3, -0.25) is 4.79 Å². The summed E-state index contributed by atoms with van der Waals surface area (Å²) in [6, 6.07) is 17.3. The van der Waals surface area contributed by atoms with E-state index in [1.54, 1.807) is 6.07 Å². The first kappa shape index (κ1) is 16.0. The van der Waals surface area contributed by atoms with Crippen LogP contribution in [0.1, 0.15) is 10.5 Å². The minimum absolute atomic E-state index is 0.329. The molecule has 0 saturated heterocycles. The summed E-state index contributed by atoms with van der Waals surface area (Å²) in [5.41, 5.74) is 3.05. The van der Waals surface area contributed by atoms with Crippen LogP contribution in [0.25, 0.3) is 22.2 Å². The molecule has 0 atom stereocenters. The van der Waals surface area contributed by atoms with Gasteiger partial charge < -0.3 is 4.98 Å². The lowest BCUT2D eigenvalue weighted by atomic mass is 10.2. The molecule has 0 unspecified atom stereocenters. The van der Waals surface area contributed by atoms with Crippen LogP contribution in [0.5, 0.6) is 0 Å². The van der Waals surface area contributed by atoms with Crippen molar-refractivity contribution in [1.82, 2.24) is 9.97 Å². The Morgan fingerprint density at radius 2 is 1.92 bits per heavy atom. The van der Waals surface area contributed by atoms with Gasteiger partial charge in [0.25, 0.3) is 5.91 Å². The van der Waals surface area contributed by atoms with E-state index < -0.39 is 0 Å². The van der Waals surface area contributed by atoms with E-state index in [1.807, 2.05) is 53.9 Å². The number of rotatable bonds is 3. The number of carbonyl (C=O) groups excluding carboxylic acids is 1. The second kappa shape index (κ2) is 6.44. The number of nitrogens with two attached hydrogens (primary N) is 1. The number of halogens is 1. The van der Waals surface area contributed by atoms with E-state index in [4.69, 9.17) is 5.84 Å².